The molecule has 0 aliphatic heterocycles. The Morgan fingerprint density at radius 1 is 1.20 bits per heavy atom. The number of nitrogens with one attached hydrogen (secondary N) is 1. The van der Waals surface area contributed by atoms with Gasteiger partial charge in [0, 0.05) is 6.07 Å². The molecule has 2 aromatic carbocycles. The second-order valence-corrected chi connectivity index (χ2v) is 5.85. The molecule has 106 valence electrons. The van der Waals surface area contributed by atoms with Crippen LogP contribution in [0.25, 0.3) is 0 Å². The van der Waals surface area contributed by atoms with Crippen LogP contribution in [0.2, 0.25) is 0 Å². The minimum atomic E-state index is -3.56. The normalized spacial score (nSPS) is 11.3. The van der Waals surface area contributed by atoms with Crippen molar-refractivity contribution in [3.05, 3.63) is 48.3 Å². The number of nitrogen functional groups attached to an aromatic ring is 1. The van der Waals surface area contributed by atoms with E-state index in [0.717, 1.165) is 0 Å². The first kappa shape index (κ1) is 14.3. The zero-order valence-corrected chi connectivity index (χ0v) is 11.4. The summed E-state index contributed by atoms with van der Waals surface area (Å²) in [5, 5.41) is 0. The monoisotopic (exact) mass is 296 g/mol. The van der Waals surface area contributed by atoms with Crippen LogP contribution in [0.1, 0.15) is 0 Å². The lowest BCUT2D eigenvalue weighted by atomic mass is 10.3. The van der Waals surface area contributed by atoms with Gasteiger partial charge in [0.1, 0.15) is 17.3 Å². The van der Waals surface area contributed by atoms with Crippen molar-refractivity contribution in [2.75, 3.05) is 12.8 Å². The summed E-state index contributed by atoms with van der Waals surface area (Å²) in [5.74, 6) is 0.0991. The fraction of sp³-hybridized carbons (Fsp3) is 0.0769. The molecule has 0 spiro atoms. The van der Waals surface area contributed by atoms with E-state index >= 15 is 0 Å². The van der Waals surface area contributed by atoms with E-state index in [1.807, 2.05) is 0 Å². The van der Waals surface area contributed by atoms with Gasteiger partial charge in [-0.3, -0.25) is 0 Å². The van der Waals surface area contributed by atoms with E-state index in [-0.39, 0.29) is 22.1 Å². The van der Waals surface area contributed by atoms with Gasteiger partial charge in [0.15, 0.2) is 0 Å². The molecule has 7 heteroatoms. The lowest BCUT2D eigenvalue weighted by molar-refractivity contribution is 0.478. The summed E-state index contributed by atoms with van der Waals surface area (Å²) >= 11 is 0. The van der Waals surface area contributed by atoms with Crippen molar-refractivity contribution in [1.82, 2.24) is 4.72 Å². The van der Waals surface area contributed by atoms with Crippen molar-refractivity contribution in [1.29, 1.82) is 0 Å². The maximum atomic E-state index is 13.0. The van der Waals surface area contributed by atoms with Gasteiger partial charge < -0.3 is 10.5 Å². The first-order valence-electron chi connectivity index (χ1n) is 5.69. The lowest BCUT2D eigenvalue weighted by Crippen LogP contribution is -2.18. The van der Waals surface area contributed by atoms with Crippen LogP contribution in [0.5, 0.6) is 11.5 Å². The molecule has 0 saturated carbocycles. The number of hydrogen-bond donors (Lipinski definition) is 2. The van der Waals surface area contributed by atoms with Crippen LogP contribution in [-0.4, -0.2) is 15.5 Å². The molecule has 3 N–H and O–H groups in total. The van der Waals surface area contributed by atoms with Gasteiger partial charge in [-0.2, -0.15) is 0 Å². The van der Waals surface area contributed by atoms with Crippen LogP contribution >= 0.6 is 0 Å². The van der Waals surface area contributed by atoms with E-state index < -0.39 is 15.8 Å². The zero-order valence-electron chi connectivity index (χ0n) is 10.6. The summed E-state index contributed by atoms with van der Waals surface area (Å²) in [6.07, 6.45) is 0. The molecule has 0 amide bonds. The molecule has 0 radical (unpaired) electrons. The molecule has 0 atom stereocenters. The predicted octanol–water partition coefficient (Wildman–Crippen LogP) is 2.11. The summed E-state index contributed by atoms with van der Waals surface area (Å²) in [5.41, 5.74) is 5.89. The summed E-state index contributed by atoms with van der Waals surface area (Å²) in [6.45, 7) is 0. The molecule has 0 heterocycles. The number of benzene rings is 2. The van der Waals surface area contributed by atoms with Crippen molar-refractivity contribution in [2.24, 2.45) is 0 Å². The Morgan fingerprint density at radius 3 is 2.55 bits per heavy atom. The van der Waals surface area contributed by atoms with Crippen LogP contribution in [0.15, 0.2) is 47.4 Å². The van der Waals surface area contributed by atoms with E-state index in [1.165, 1.54) is 43.4 Å². The fourth-order valence-corrected chi connectivity index (χ4v) is 2.33. The third-order valence-electron chi connectivity index (χ3n) is 2.58. The molecule has 2 rings (SSSR count). The van der Waals surface area contributed by atoms with E-state index in [0.29, 0.717) is 0 Å². The Bertz CT molecular complexity index is 732. The van der Waals surface area contributed by atoms with Crippen molar-refractivity contribution >= 4 is 15.7 Å². The second-order valence-electron chi connectivity index (χ2n) is 3.97. The van der Waals surface area contributed by atoms with Crippen LogP contribution in [0, 0.1) is 5.82 Å². The number of anilines is 1. The first-order chi connectivity index (χ1) is 9.42. The quantitative estimate of drug-likeness (QED) is 0.847. The molecule has 0 unspecified atom stereocenters. The minimum Gasteiger partial charge on any atom is -0.455 e. The van der Waals surface area contributed by atoms with Crippen molar-refractivity contribution in [3.63, 3.8) is 0 Å². The number of sulfonamides is 1. The van der Waals surface area contributed by atoms with Gasteiger partial charge in [-0.05, 0) is 37.4 Å². The standard InChI is InChI=1S/C13H13FN2O3S/c1-16-20(17,18)11-5-6-13(12(15)8-11)19-10-4-2-3-9(14)7-10/h2-8,16H,15H2,1H3. The number of halogens is 1. The number of rotatable bonds is 4. The Kier molecular flexibility index (Phi) is 3.91. The van der Waals surface area contributed by atoms with Crippen molar-refractivity contribution in [2.45, 2.75) is 4.90 Å². The third kappa shape index (κ3) is 3.06. The Labute approximate surface area is 116 Å². The second kappa shape index (κ2) is 5.48. The first-order valence-corrected chi connectivity index (χ1v) is 7.17. The average molecular weight is 296 g/mol. The van der Waals surface area contributed by atoms with Gasteiger partial charge in [-0.15, -0.1) is 0 Å². The Hall–Kier alpha value is -2.12. The molecule has 0 saturated heterocycles. The number of ether oxygens (including phenoxy) is 1. The summed E-state index contributed by atoms with van der Waals surface area (Å²) in [7, 11) is -2.25. The van der Waals surface area contributed by atoms with E-state index in [1.54, 1.807) is 6.07 Å². The number of nitrogens with two attached hydrogens (primary N) is 1. The molecule has 0 aliphatic carbocycles. The highest BCUT2D eigenvalue weighted by Gasteiger charge is 2.13. The molecular weight excluding hydrogens is 283 g/mol. The van der Waals surface area contributed by atoms with Crippen LogP contribution in [0.3, 0.4) is 0 Å². The van der Waals surface area contributed by atoms with Gasteiger partial charge in [0.25, 0.3) is 0 Å². The van der Waals surface area contributed by atoms with E-state index in [2.05, 4.69) is 4.72 Å². The molecular formula is C13H13FN2O3S. The van der Waals surface area contributed by atoms with Crippen LogP contribution in [0.4, 0.5) is 10.1 Å². The molecule has 0 bridgehead atoms. The highest BCUT2D eigenvalue weighted by Crippen LogP contribution is 2.29. The highest BCUT2D eigenvalue weighted by atomic mass is 32.2. The predicted molar refractivity (Wildman–Crippen MR) is 73.6 cm³/mol. The molecule has 0 aliphatic rings. The van der Waals surface area contributed by atoms with E-state index in [4.69, 9.17) is 10.5 Å². The van der Waals surface area contributed by atoms with Gasteiger partial charge in [0.05, 0.1) is 10.6 Å². The van der Waals surface area contributed by atoms with Gasteiger partial charge >= 0.3 is 0 Å². The number of hydrogen-bond acceptors (Lipinski definition) is 4. The van der Waals surface area contributed by atoms with Crippen LogP contribution < -0.4 is 15.2 Å². The molecule has 0 fully saturated rings. The summed E-state index contributed by atoms with van der Waals surface area (Å²) in [6, 6.07) is 9.62. The zero-order chi connectivity index (χ0) is 14.8. The lowest BCUT2D eigenvalue weighted by Gasteiger charge is -2.10. The molecule has 2 aromatic rings. The van der Waals surface area contributed by atoms with Crippen molar-refractivity contribution < 1.29 is 17.5 Å². The van der Waals surface area contributed by atoms with Gasteiger partial charge in [0.2, 0.25) is 10.0 Å². The summed E-state index contributed by atoms with van der Waals surface area (Å²) < 4.78 is 43.9. The summed E-state index contributed by atoms with van der Waals surface area (Å²) in [4.78, 5) is 0.0316. The van der Waals surface area contributed by atoms with Gasteiger partial charge in [-0.25, -0.2) is 17.5 Å². The van der Waals surface area contributed by atoms with Crippen molar-refractivity contribution in [3.8, 4) is 11.5 Å². The topological polar surface area (TPSA) is 81.4 Å². The highest BCUT2D eigenvalue weighted by molar-refractivity contribution is 7.89. The Balaban J connectivity index is 2.31. The van der Waals surface area contributed by atoms with E-state index in [9.17, 15) is 12.8 Å². The third-order valence-corrected chi connectivity index (χ3v) is 4.00. The SMILES string of the molecule is CNS(=O)(=O)c1ccc(Oc2cccc(F)c2)c(N)c1. The van der Waals surface area contributed by atoms with Gasteiger partial charge in [-0.1, -0.05) is 6.07 Å². The molecule has 20 heavy (non-hydrogen) atoms. The minimum absolute atomic E-state index is 0.0316. The maximum Gasteiger partial charge on any atom is 0.240 e. The smallest absolute Gasteiger partial charge is 0.240 e. The maximum absolute atomic E-state index is 13.0. The molecule has 0 aromatic heterocycles. The largest absolute Gasteiger partial charge is 0.455 e. The fourth-order valence-electron chi connectivity index (χ4n) is 1.56. The Morgan fingerprint density at radius 2 is 1.95 bits per heavy atom. The average Bonchev–Trinajstić information content (AvgIpc) is 2.41. The molecule has 5 nitrogen and oxygen atoms in total. The van der Waals surface area contributed by atoms with Crippen LogP contribution in [-0.2, 0) is 10.0 Å².